The largest absolute Gasteiger partial charge is 0.345 e. The van der Waals surface area contributed by atoms with Crippen LogP contribution in [0.15, 0.2) is 48.5 Å². The molecular formula is C22H20N4O4. The molecular weight excluding hydrogens is 384 g/mol. The van der Waals surface area contributed by atoms with Gasteiger partial charge < -0.3 is 14.8 Å². The molecule has 2 aliphatic heterocycles. The van der Waals surface area contributed by atoms with Gasteiger partial charge in [-0.3, -0.25) is 19.6 Å². The number of para-hydroxylation sites is 1. The van der Waals surface area contributed by atoms with Crippen LogP contribution >= 0.6 is 0 Å². The molecule has 152 valence electrons. The summed E-state index contributed by atoms with van der Waals surface area (Å²) in [6.45, 7) is 1.13. The van der Waals surface area contributed by atoms with Crippen molar-refractivity contribution in [1.29, 1.82) is 0 Å². The van der Waals surface area contributed by atoms with Gasteiger partial charge in [0.2, 0.25) is 11.8 Å². The maximum atomic E-state index is 12.7. The zero-order valence-electron chi connectivity index (χ0n) is 16.1. The fourth-order valence-corrected chi connectivity index (χ4v) is 4.56. The first kappa shape index (κ1) is 18.4. The lowest BCUT2D eigenvalue weighted by molar-refractivity contribution is -0.146. The van der Waals surface area contributed by atoms with E-state index < -0.39 is 11.9 Å². The Kier molecular flexibility index (Phi) is 4.29. The molecule has 8 nitrogen and oxygen atoms in total. The molecule has 5 rings (SSSR count). The molecule has 8 heteroatoms. The van der Waals surface area contributed by atoms with Crippen LogP contribution in [0.2, 0.25) is 0 Å². The molecule has 0 radical (unpaired) electrons. The van der Waals surface area contributed by atoms with E-state index in [1.54, 1.807) is 22.5 Å². The second kappa shape index (κ2) is 7.00. The van der Waals surface area contributed by atoms with Crippen molar-refractivity contribution >= 4 is 28.6 Å². The van der Waals surface area contributed by atoms with Crippen LogP contribution in [-0.4, -0.2) is 45.5 Å². The summed E-state index contributed by atoms with van der Waals surface area (Å²) < 4.78 is 2.19. The van der Waals surface area contributed by atoms with Gasteiger partial charge in [-0.1, -0.05) is 30.3 Å². The van der Waals surface area contributed by atoms with Gasteiger partial charge in [-0.05, 0) is 23.8 Å². The quantitative estimate of drug-likeness (QED) is 0.453. The normalized spacial score (nSPS) is 18.0. The Morgan fingerprint density at radius 1 is 1.13 bits per heavy atom. The van der Waals surface area contributed by atoms with Crippen LogP contribution in [0.25, 0.3) is 10.9 Å². The molecule has 2 aliphatic rings. The standard InChI is InChI=1S/C22H20N4O4/c27-18-11-23-22(29)20-19-15-3-1-2-4-16(15)26(17(19)9-10-25(18)20)12-13-5-7-14(8-6-13)21(28)24-30/h1-8,20,30H,9-12H2,(H,23,29)(H,24,28). The van der Waals surface area contributed by atoms with Crippen molar-refractivity contribution < 1.29 is 19.6 Å². The van der Waals surface area contributed by atoms with Crippen molar-refractivity contribution in [2.45, 2.75) is 19.0 Å². The Bertz CT molecular complexity index is 1180. The summed E-state index contributed by atoms with van der Waals surface area (Å²) in [5.74, 6) is -0.754. The highest BCUT2D eigenvalue weighted by molar-refractivity contribution is 6.00. The number of carbonyl (C=O) groups excluding carboxylic acids is 3. The summed E-state index contributed by atoms with van der Waals surface area (Å²) >= 11 is 0. The van der Waals surface area contributed by atoms with E-state index in [2.05, 4.69) is 9.88 Å². The predicted octanol–water partition coefficient (Wildman–Crippen LogP) is 1.36. The zero-order chi connectivity index (χ0) is 20.8. The van der Waals surface area contributed by atoms with E-state index in [0.29, 0.717) is 25.1 Å². The van der Waals surface area contributed by atoms with E-state index in [0.717, 1.165) is 27.7 Å². The zero-order valence-corrected chi connectivity index (χ0v) is 16.1. The van der Waals surface area contributed by atoms with Crippen molar-refractivity contribution in [3.63, 3.8) is 0 Å². The predicted molar refractivity (Wildman–Crippen MR) is 108 cm³/mol. The average Bonchev–Trinajstić information content (AvgIpc) is 3.10. The second-order valence-corrected chi connectivity index (χ2v) is 7.56. The van der Waals surface area contributed by atoms with E-state index in [-0.39, 0.29) is 18.4 Å². The third-order valence-electron chi connectivity index (χ3n) is 5.94. The third kappa shape index (κ3) is 2.76. The molecule has 1 fully saturated rings. The molecule has 2 aromatic carbocycles. The number of hydrogen-bond donors (Lipinski definition) is 3. The van der Waals surface area contributed by atoms with Crippen LogP contribution in [0.3, 0.4) is 0 Å². The summed E-state index contributed by atoms with van der Waals surface area (Å²) in [6, 6.07) is 14.3. The highest BCUT2D eigenvalue weighted by Crippen LogP contribution is 2.39. The fraction of sp³-hybridized carbons (Fsp3) is 0.227. The summed E-state index contributed by atoms with van der Waals surface area (Å²) in [7, 11) is 0. The number of piperazine rings is 1. The average molecular weight is 404 g/mol. The number of nitrogens with one attached hydrogen (secondary N) is 2. The molecule has 1 aromatic heterocycles. The molecule has 0 spiro atoms. The van der Waals surface area contributed by atoms with E-state index in [1.807, 2.05) is 36.4 Å². The van der Waals surface area contributed by atoms with Gasteiger partial charge in [0, 0.05) is 47.2 Å². The van der Waals surface area contributed by atoms with Crippen molar-refractivity contribution in [1.82, 2.24) is 20.3 Å². The van der Waals surface area contributed by atoms with E-state index in [9.17, 15) is 14.4 Å². The summed E-state index contributed by atoms with van der Waals surface area (Å²) in [5.41, 5.74) is 5.95. The number of hydrogen-bond acceptors (Lipinski definition) is 4. The van der Waals surface area contributed by atoms with Gasteiger partial charge in [-0.25, -0.2) is 5.48 Å². The van der Waals surface area contributed by atoms with Crippen LogP contribution in [0.5, 0.6) is 0 Å². The molecule has 1 saturated heterocycles. The number of nitrogens with zero attached hydrogens (tertiary/aromatic N) is 2. The lowest BCUT2D eigenvalue weighted by atomic mass is 9.93. The number of benzene rings is 2. The number of rotatable bonds is 3. The maximum absolute atomic E-state index is 12.7. The van der Waals surface area contributed by atoms with Gasteiger partial charge in [0.15, 0.2) is 0 Å². The van der Waals surface area contributed by atoms with Crippen molar-refractivity contribution in [3.05, 3.63) is 70.9 Å². The lowest BCUT2D eigenvalue weighted by Crippen LogP contribution is -2.55. The van der Waals surface area contributed by atoms with Crippen molar-refractivity contribution in [3.8, 4) is 0 Å². The highest BCUT2D eigenvalue weighted by atomic mass is 16.5. The first-order valence-electron chi connectivity index (χ1n) is 9.79. The molecule has 0 saturated carbocycles. The van der Waals surface area contributed by atoms with Crippen LogP contribution in [0.1, 0.15) is 33.2 Å². The third-order valence-corrected chi connectivity index (χ3v) is 5.94. The molecule has 0 bridgehead atoms. The molecule has 0 aliphatic carbocycles. The van der Waals surface area contributed by atoms with Gasteiger partial charge in [0.05, 0.1) is 6.54 Å². The number of amides is 3. The molecule has 3 N–H and O–H groups in total. The van der Waals surface area contributed by atoms with Crippen LogP contribution in [-0.2, 0) is 22.6 Å². The van der Waals surface area contributed by atoms with Crippen molar-refractivity contribution in [2.75, 3.05) is 13.1 Å². The fourth-order valence-electron chi connectivity index (χ4n) is 4.56. The minimum atomic E-state index is -0.600. The first-order chi connectivity index (χ1) is 14.6. The Labute approximate surface area is 172 Å². The van der Waals surface area contributed by atoms with Gasteiger partial charge in [-0.2, -0.15) is 0 Å². The second-order valence-electron chi connectivity index (χ2n) is 7.56. The minimum Gasteiger partial charge on any atom is -0.345 e. The van der Waals surface area contributed by atoms with Crippen LogP contribution in [0, 0.1) is 0 Å². The maximum Gasteiger partial charge on any atom is 0.274 e. The first-order valence-corrected chi connectivity index (χ1v) is 9.79. The van der Waals surface area contributed by atoms with E-state index >= 15 is 0 Å². The van der Waals surface area contributed by atoms with Gasteiger partial charge >= 0.3 is 0 Å². The molecule has 3 aromatic rings. The highest BCUT2D eigenvalue weighted by Gasteiger charge is 2.42. The SMILES string of the molecule is O=C(NO)c1ccc(Cn2c3c(c4ccccc42)C2C(=O)NCC(=O)N2CC3)cc1. The minimum absolute atomic E-state index is 0.0527. The molecule has 1 unspecified atom stereocenters. The number of carbonyl (C=O) groups is 3. The summed E-state index contributed by atoms with van der Waals surface area (Å²) in [5, 5.41) is 12.5. The Morgan fingerprint density at radius 2 is 1.90 bits per heavy atom. The molecule has 1 atom stereocenters. The monoisotopic (exact) mass is 404 g/mol. The Hall–Kier alpha value is -3.65. The molecule has 30 heavy (non-hydrogen) atoms. The van der Waals surface area contributed by atoms with Gasteiger partial charge in [0.25, 0.3) is 5.91 Å². The number of aromatic nitrogens is 1. The van der Waals surface area contributed by atoms with E-state index in [1.165, 1.54) is 0 Å². The Morgan fingerprint density at radius 3 is 2.67 bits per heavy atom. The number of hydroxylamine groups is 1. The van der Waals surface area contributed by atoms with Crippen LogP contribution < -0.4 is 10.8 Å². The van der Waals surface area contributed by atoms with E-state index in [4.69, 9.17) is 5.21 Å². The molecule has 3 amide bonds. The van der Waals surface area contributed by atoms with Gasteiger partial charge in [-0.15, -0.1) is 0 Å². The van der Waals surface area contributed by atoms with Gasteiger partial charge in [0.1, 0.15) is 6.04 Å². The Balaban J connectivity index is 1.60. The lowest BCUT2D eigenvalue weighted by Gasteiger charge is -2.38. The summed E-state index contributed by atoms with van der Waals surface area (Å²) in [4.78, 5) is 38.3. The van der Waals surface area contributed by atoms with Crippen LogP contribution in [0.4, 0.5) is 0 Å². The topological polar surface area (TPSA) is 104 Å². The smallest absolute Gasteiger partial charge is 0.274 e. The summed E-state index contributed by atoms with van der Waals surface area (Å²) in [6.07, 6.45) is 0.671. The molecule has 3 heterocycles. The van der Waals surface area contributed by atoms with Crippen molar-refractivity contribution in [2.24, 2.45) is 0 Å². The number of fused-ring (bicyclic) bond motifs is 5.